The molecule has 1 aromatic carbocycles. The lowest BCUT2D eigenvalue weighted by Crippen LogP contribution is -2.37. The predicted molar refractivity (Wildman–Crippen MR) is 71.0 cm³/mol. The molecule has 6 nitrogen and oxygen atoms in total. The highest BCUT2D eigenvalue weighted by Crippen LogP contribution is 2.27. The van der Waals surface area contributed by atoms with Gasteiger partial charge in [-0.1, -0.05) is 11.6 Å². The molecule has 1 saturated heterocycles. The van der Waals surface area contributed by atoms with Crippen molar-refractivity contribution in [2.24, 2.45) is 0 Å². The van der Waals surface area contributed by atoms with Gasteiger partial charge in [0.2, 0.25) is 5.91 Å². The molecule has 2 rings (SSSR count). The molecule has 0 spiro atoms. The van der Waals surface area contributed by atoms with Gasteiger partial charge in [0, 0.05) is 23.4 Å². The maximum Gasteiger partial charge on any atom is 0.289 e. The third-order valence-electron chi connectivity index (χ3n) is 2.44. The first-order valence-electron chi connectivity index (χ1n) is 5.14. The van der Waals surface area contributed by atoms with E-state index in [1.54, 1.807) is 11.8 Å². The van der Waals surface area contributed by atoms with Crippen molar-refractivity contribution in [2.75, 3.05) is 16.9 Å². The first kappa shape index (κ1) is 13.1. The SMILES string of the molecule is O=C(Nc1ccc(Cl)c([N+](=O)[O-])c1)C1CSCN1. The molecule has 1 aliphatic heterocycles. The van der Waals surface area contributed by atoms with Crippen LogP contribution in [0.15, 0.2) is 18.2 Å². The zero-order valence-electron chi connectivity index (χ0n) is 9.18. The Morgan fingerprint density at radius 1 is 1.61 bits per heavy atom. The molecule has 0 aromatic heterocycles. The smallest absolute Gasteiger partial charge is 0.289 e. The van der Waals surface area contributed by atoms with Gasteiger partial charge in [0.25, 0.3) is 5.69 Å². The topological polar surface area (TPSA) is 84.3 Å². The number of carbonyl (C=O) groups is 1. The van der Waals surface area contributed by atoms with Crippen LogP contribution in [0.5, 0.6) is 0 Å². The molecule has 0 radical (unpaired) electrons. The summed E-state index contributed by atoms with van der Waals surface area (Å²) in [5, 5.41) is 16.4. The van der Waals surface area contributed by atoms with E-state index in [0.29, 0.717) is 11.4 Å². The van der Waals surface area contributed by atoms with Crippen LogP contribution < -0.4 is 10.6 Å². The van der Waals surface area contributed by atoms with E-state index in [9.17, 15) is 14.9 Å². The predicted octanol–water partition coefficient (Wildman–Crippen LogP) is 1.85. The summed E-state index contributed by atoms with van der Waals surface area (Å²) < 4.78 is 0. The molecule has 1 unspecified atom stereocenters. The van der Waals surface area contributed by atoms with Gasteiger partial charge in [-0.25, -0.2) is 0 Å². The van der Waals surface area contributed by atoms with Crippen LogP contribution in [0.3, 0.4) is 0 Å². The van der Waals surface area contributed by atoms with E-state index >= 15 is 0 Å². The molecular weight excluding hydrogens is 278 g/mol. The number of nitro groups is 1. The summed E-state index contributed by atoms with van der Waals surface area (Å²) in [6.07, 6.45) is 0. The van der Waals surface area contributed by atoms with Crippen molar-refractivity contribution in [1.29, 1.82) is 0 Å². The van der Waals surface area contributed by atoms with Crippen molar-refractivity contribution in [3.05, 3.63) is 33.3 Å². The Labute approximate surface area is 112 Å². The molecule has 1 heterocycles. The van der Waals surface area contributed by atoms with Crippen LogP contribution in [0.25, 0.3) is 0 Å². The van der Waals surface area contributed by atoms with E-state index in [-0.39, 0.29) is 22.7 Å². The summed E-state index contributed by atoms with van der Waals surface area (Å²) in [6, 6.07) is 3.92. The Morgan fingerprint density at radius 3 is 3.00 bits per heavy atom. The van der Waals surface area contributed by atoms with E-state index in [0.717, 1.165) is 5.88 Å². The molecule has 18 heavy (non-hydrogen) atoms. The highest BCUT2D eigenvalue weighted by molar-refractivity contribution is 7.99. The summed E-state index contributed by atoms with van der Waals surface area (Å²) in [7, 11) is 0. The number of rotatable bonds is 3. The lowest BCUT2D eigenvalue weighted by Gasteiger charge is -2.10. The number of benzene rings is 1. The monoisotopic (exact) mass is 287 g/mol. The average Bonchev–Trinajstić information content (AvgIpc) is 2.85. The van der Waals surface area contributed by atoms with Crippen LogP contribution in [-0.4, -0.2) is 28.5 Å². The van der Waals surface area contributed by atoms with Gasteiger partial charge in [-0.3, -0.25) is 20.2 Å². The van der Waals surface area contributed by atoms with Crippen LogP contribution in [0.1, 0.15) is 0 Å². The van der Waals surface area contributed by atoms with Gasteiger partial charge >= 0.3 is 0 Å². The number of nitrogens with one attached hydrogen (secondary N) is 2. The van der Waals surface area contributed by atoms with E-state index in [1.165, 1.54) is 18.2 Å². The Bertz CT molecular complexity index is 491. The number of amides is 1. The van der Waals surface area contributed by atoms with Crippen LogP contribution in [0, 0.1) is 10.1 Å². The van der Waals surface area contributed by atoms with Crippen molar-refractivity contribution in [2.45, 2.75) is 6.04 Å². The molecule has 1 fully saturated rings. The number of nitro benzene ring substituents is 1. The quantitative estimate of drug-likeness (QED) is 0.655. The molecule has 0 aliphatic carbocycles. The zero-order chi connectivity index (χ0) is 13.1. The maximum absolute atomic E-state index is 11.8. The Kier molecular flexibility index (Phi) is 4.05. The summed E-state index contributed by atoms with van der Waals surface area (Å²) >= 11 is 7.32. The van der Waals surface area contributed by atoms with Crippen LogP contribution in [-0.2, 0) is 4.79 Å². The minimum absolute atomic E-state index is 0.0487. The van der Waals surface area contributed by atoms with Gasteiger partial charge in [-0.2, -0.15) is 0 Å². The number of thioether (sulfide) groups is 1. The van der Waals surface area contributed by atoms with Crippen molar-refractivity contribution in [3.63, 3.8) is 0 Å². The molecule has 1 atom stereocenters. The van der Waals surface area contributed by atoms with Gasteiger partial charge in [0.15, 0.2) is 0 Å². The van der Waals surface area contributed by atoms with Crippen molar-refractivity contribution in [1.82, 2.24) is 5.32 Å². The maximum atomic E-state index is 11.8. The van der Waals surface area contributed by atoms with Crippen molar-refractivity contribution in [3.8, 4) is 0 Å². The second-order valence-corrected chi connectivity index (χ2v) is 5.12. The molecule has 1 amide bonds. The third kappa shape index (κ3) is 2.92. The first-order valence-corrected chi connectivity index (χ1v) is 6.67. The average molecular weight is 288 g/mol. The fourth-order valence-corrected chi connectivity index (χ4v) is 2.65. The summed E-state index contributed by atoms with van der Waals surface area (Å²) in [4.78, 5) is 21.9. The lowest BCUT2D eigenvalue weighted by atomic mass is 10.2. The Morgan fingerprint density at radius 2 is 2.39 bits per heavy atom. The fraction of sp³-hybridized carbons (Fsp3) is 0.300. The normalized spacial score (nSPS) is 18.6. The summed E-state index contributed by atoms with van der Waals surface area (Å²) in [6.45, 7) is 0. The Hall–Kier alpha value is -1.31. The molecule has 1 aliphatic rings. The first-order chi connectivity index (χ1) is 8.58. The number of hydrogen-bond acceptors (Lipinski definition) is 5. The molecule has 2 N–H and O–H groups in total. The number of anilines is 1. The van der Waals surface area contributed by atoms with Crippen LogP contribution in [0.4, 0.5) is 11.4 Å². The second kappa shape index (κ2) is 5.55. The standard InChI is InChI=1S/C10H10ClN3O3S/c11-7-2-1-6(3-9(7)14(16)17)13-10(15)8-4-18-5-12-8/h1-3,8,12H,4-5H2,(H,13,15). The fourth-order valence-electron chi connectivity index (χ4n) is 1.52. The molecular formula is C10H10ClN3O3S. The van der Waals surface area contributed by atoms with Gasteiger partial charge in [0.05, 0.1) is 11.0 Å². The van der Waals surface area contributed by atoms with Crippen molar-refractivity contribution >= 4 is 40.6 Å². The van der Waals surface area contributed by atoms with Crippen molar-refractivity contribution < 1.29 is 9.72 Å². The van der Waals surface area contributed by atoms with Crippen LogP contribution in [0.2, 0.25) is 5.02 Å². The van der Waals surface area contributed by atoms with E-state index in [2.05, 4.69) is 10.6 Å². The third-order valence-corrected chi connectivity index (χ3v) is 3.70. The lowest BCUT2D eigenvalue weighted by molar-refractivity contribution is -0.384. The molecule has 96 valence electrons. The minimum atomic E-state index is -0.582. The number of nitrogens with zero attached hydrogens (tertiary/aromatic N) is 1. The number of halogens is 1. The van der Waals surface area contributed by atoms with E-state index in [1.807, 2.05) is 0 Å². The minimum Gasteiger partial charge on any atom is -0.324 e. The highest BCUT2D eigenvalue weighted by Gasteiger charge is 2.23. The molecule has 0 saturated carbocycles. The zero-order valence-corrected chi connectivity index (χ0v) is 10.8. The summed E-state index contributed by atoms with van der Waals surface area (Å²) in [5.41, 5.74) is 0.151. The van der Waals surface area contributed by atoms with Crippen LogP contribution >= 0.6 is 23.4 Å². The largest absolute Gasteiger partial charge is 0.324 e. The van der Waals surface area contributed by atoms with Gasteiger partial charge < -0.3 is 5.32 Å². The van der Waals surface area contributed by atoms with Gasteiger partial charge in [0.1, 0.15) is 5.02 Å². The number of carbonyl (C=O) groups excluding carboxylic acids is 1. The highest BCUT2D eigenvalue weighted by atomic mass is 35.5. The number of hydrogen-bond donors (Lipinski definition) is 2. The summed E-state index contributed by atoms with van der Waals surface area (Å²) in [5.74, 6) is 1.23. The second-order valence-electron chi connectivity index (χ2n) is 3.68. The van der Waals surface area contributed by atoms with E-state index in [4.69, 9.17) is 11.6 Å². The Balaban J connectivity index is 2.11. The van der Waals surface area contributed by atoms with Gasteiger partial charge in [-0.05, 0) is 12.1 Å². The molecule has 1 aromatic rings. The van der Waals surface area contributed by atoms with Gasteiger partial charge in [-0.15, -0.1) is 11.8 Å². The molecule has 0 bridgehead atoms. The molecule has 8 heteroatoms. The van der Waals surface area contributed by atoms with E-state index < -0.39 is 4.92 Å².